The quantitative estimate of drug-likeness (QED) is 0.877. The second kappa shape index (κ2) is 4.92. The minimum Gasteiger partial charge on any atom is -0.373 e. The van der Waals surface area contributed by atoms with Gasteiger partial charge in [0.2, 0.25) is 5.91 Å². The average Bonchev–Trinajstić information content (AvgIpc) is 2.46. The van der Waals surface area contributed by atoms with Gasteiger partial charge in [-0.25, -0.2) is 9.97 Å². The molecule has 2 N–H and O–H groups in total. The van der Waals surface area contributed by atoms with Gasteiger partial charge in [0.25, 0.3) is 0 Å². The van der Waals surface area contributed by atoms with Crippen LogP contribution in [-0.4, -0.2) is 22.9 Å². The zero-order valence-electron chi connectivity index (χ0n) is 11.5. The summed E-state index contributed by atoms with van der Waals surface area (Å²) in [5.74, 6) is 1.62. The maximum absolute atomic E-state index is 11.4. The van der Waals surface area contributed by atoms with Crippen LogP contribution in [0.5, 0.6) is 0 Å². The van der Waals surface area contributed by atoms with E-state index >= 15 is 0 Å². The summed E-state index contributed by atoms with van der Waals surface area (Å²) in [6.07, 6.45) is 1.32. The van der Waals surface area contributed by atoms with E-state index in [1.807, 2.05) is 32.2 Å². The Morgan fingerprint density at radius 1 is 1.20 bits per heavy atom. The van der Waals surface area contributed by atoms with Crippen LogP contribution in [0.15, 0.2) is 24.3 Å². The van der Waals surface area contributed by atoms with Gasteiger partial charge in [0, 0.05) is 30.8 Å². The van der Waals surface area contributed by atoms with Gasteiger partial charge in [-0.05, 0) is 31.0 Å². The number of nitrogens with one attached hydrogen (secondary N) is 2. The lowest BCUT2D eigenvalue weighted by atomic mass is 9.99. The molecule has 0 fully saturated rings. The first-order valence-electron chi connectivity index (χ1n) is 6.62. The van der Waals surface area contributed by atoms with Crippen LogP contribution in [0.2, 0.25) is 0 Å². The highest BCUT2D eigenvalue weighted by atomic mass is 16.1. The Hall–Kier alpha value is -2.43. The van der Waals surface area contributed by atoms with Crippen LogP contribution < -0.4 is 10.6 Å². The fourth-order valence-corrected chi connectivity index (χ4v) is 2.39. The molecule has 0 saturated carbocycles. The van der Waals surface area contributed by atoms with E-state index in [9.17, 15) is 4.79 Å². The zero-order valence-corrected chi connectivity index (χ0v) is 11.5. The van der Waals surface area contributed by atoms with Crippen molar-refractivity contribution < 1.29 is 4.79 Å². The van der Waals surface area contributed by atoms with Crippen molar-refractivity contribution in [3.8, 4) is 11.3 Å². The molecular weight excluding hydrogens is 252 g/mol. The molecule has 3 rings (SSSR count). The third-order valence-corrected chi connectivity index (χ3v) is 3.39. The summed E-state index contributed by atoms with van der Waals surface area (Å²) in [5, 5.41) is 5.93. The fraction of sp³-hybridized carbons (Fsp3) is 0.267. The zero-order chi connectivity index (χ0) is 14.1. The Balaban J connectivity index is 2.03. The molecule has 5 heteroatoms. The number of rotatable bonds is 2. The first kappa shape index (κ1) is 12.6. The predicted octanol–water partition coefficient (Wildman–Crippen LogP) is 2.38. The van der Waals surface area contributed by atoms with Crippen LogP contribution in [0.3, 0.4) is 0 Å². The molecule has 0 saturated heterocycles. The highest BCUT2D eigenvalue weighted by molar-refractivity contribution is 5.94. The molecule has 2 aromatic rings. The van der Waals surface area contributed by atoms with Gasteiger partial charge in [-0.3, -0.25) is 4.79 Å². The first-order chi connectivity index (χ1) is 9.65. The van der Waals surface area contributed by atoms with Gasteiger partial charge < -0.3 is 10.6 Å². The summed E-state index contributed by atoms with van der Waals surface area (Å²) < 4.78 is 0. The number of hydrogen-bond donors (Lipinski definition) is 2. The third-order valence-electron chi connectivity index (χ3n) is 3.39. The van der Waals surface area contributed by atoms with Crippen LogP contribution in [-0.2, 0) is 11.2 Å². The molecule has 0 spiro atoms. The van der Waals surface area contributed by atoms with E-state index in [4.69, 9.17) is 0 Å². The maximum atomic E-state index is 11.4. The molecule has 102 valence electrons. The Morgan fingerprint density at radius 2 is 2.05 bits per heavy atom. The lowest BCUT2D eigenvalue weighted by Crippen LogP contribution is -2.18. The Kier molecular flexibility index (Phi) is 3.10. The van der Waals surface area contributed by atoms with Gasteiger partial charge in [0.1, 0.15) is 11.6 Å². The number of amides is 1. The van der Waals surface area contributed by atoms with E-state index in [2.05, 4.69) is 26.7 Å². The van der Waals surface area contributed by atoms with Gasteiger partial charge in [0.05, 0.1) is 5.69 Å². The van der Waals surface area contributed by atoms with Crippen molar-refractivity contribution in [3.05, 3.63) is 35.7 Å². The van der Waals surface area contributed by atoms with Crippen molar-refractivity contribution in [2.24, 2.45) is 0 Å². The van der Waals surface area contributed by atoms with Crippen LogP contribution in [0, 0.1) is 6.92 Å². The fourth-order valence-electron chi connectivity index (χ4n) is 2.39. The van der Waals surface area contributed by atoms with Gasteiger partial charge in [0.15, 0.2) is 0 Å². The van der Waals surface area contributed by atoms with E-state index in [0.29, 0.717) is 6.42 Å². The number of carbonyl (C=O) groups is 1. The normalized spacial score (nSPS) is 13.6. The topological polar surface area (TPSA) is 66.9 Å². The number of nitrogens with zero attached hydrogens (tertiary/aromatic N) is 2. The largest absolute Gasteiger partial charge is 0.373 e. The summed E-state index contributed by atoms with van der Waals surface area (Å²) in [6, 6.07) is 7.94. The van der Waals surface area contributed by atoms with Crippen LogP contribution in [0.25, 0.3) is 11.3 Å². The van der Waals surface area contributed by atoms with E-state index < -0.39 is 0 Å². The number of carbonyl (C=O) groups excluding carboxylic acids is 1. The summed E-state index contributed by atoms with van der Waals surface area (Å²) in [5.41, 5.74) is 4.00. The van der Waals surface area contributed by atoms with Gasteiger partial charge in [-0.15, -0.1) is 0 Å². The second-order valence-corrected chi connectivity index (χ2v) is 4.86. The summed E-state index contributed by atoms with van der Waals surface area (Å²) >= 11 is 0. The summed E-state index contributed by atoms with van der Waals surface area (Å²) in [4.78, 5) is 20.1. The Morgan fingerprint density at radius 3 is 2.85 bits per heavy atom. The highest BCUT2D eigenvalue weighted by Gasteiger charge is 2.15. The van der Waals surface area contributed by atoms with Crippen LogP contribution >= 0.6 is 0 Å². The Labute approximate surface area is 117 Å². The van der Waals surface area contributed by atoms with Gasteiger partial charge in [-0.1, -0.05) is 6.07 Å². The molecule has 0 radical (unpaired) electrons. The molecule has 5 nitrogen and oxygen atoms in total. The second-order valence-electron chi connectivity index (χ2n) is 4.86. The van der Waals surface area contributed by atoms with Crippen molar-refractivity contribution in [1.29, 1.82) is 0 Å². The molecule has 0 aliphatic carbocycles. The lowest BCUT2D eigenvalue weighted by molar-refractivity contribution is -0.116. The lowest BCUT2D eigenvalue weighted by Gasteiger charge is -2.17. The minimum atomic E-state index is 0.0839. The number of anilines is 2. The van der Waals surface area contributed by atoms with Crippen molar-refractivity contribution in [2.45, 2.75) is 19.8 Å². The first-order valence-corrected chi connectivity index (χ1v) is 6.62. The molecule has 20 heavy (non-hydrogen) atoms. The molecule has 0 unspecified atom stereocenters. The van der Waals surface area contributed by atoms with Crippen LogP contribution in [0.4, 0.5) is 11.5 Å². The summed E-state index contributed by atoms with van der Waals surface area (Å²) in [6.45, 7) is 1.88. The van der Waals surface area contributed by atoms with Crippen molar-refractivity contribution in [1.82, 2.24) is 9.97 Å². The average molecular weight is 268 g/mol. The molecule has 1 amide bonds. The number of aryl methyl sites for hydroxylation is 2. The van der Waals surface area contributed by atoms with Crippen molar-refractivity contribution >= 4 is 17.4 Å². The SMILES string of the molecule is CNc1cc(-c2ccc3c(c2)CCC(=O)N3)nc(C)n1. The maximum Gasteiger partial charge on any atom is 0.224 e. The molecule has 0 bridgehead atoms. The molecule has 1 aromatic heterocycles. The van der Waals surface area contributed by atoms with Crippen LogP contribution in [0.1, 0.15) is 17.8 Å². The predicted molar refractivity (Wildman–Crippen MR) is 78.7 cm³/mol. The minimum absolute atomic E-state index is 0.0839. The molecular formula is C15H16N4O. The highest BCUT2D eigenvalue weighted by Crippen LogP contribution is 2.28. The monoisotopic (exact) mass is 268 g/mol. The standard InChI is InChI=1S/C15H16N4O/c1-9-17-13(8-14(16-2)18-9)11-3-5-12-10(7-11)4-6-15(20)19-12/h3,5,7-8H,4,6H2,1-2H3,(H,19,20)(H,16,17,18). The molecule has 1 aromatic carbocycles. The van der Waals surface area contributed by atoms with Gasteiger partial charge in [-0.2, -0.15) is 0 Å². The molecule has 1 aliphatic rings. The van der Waals surface area contributed by atoms with Crippen molar-refractivity contribution in [2.75, 3.05) is 17.7 Å². The Bertz CT molecular complexity index is 682. The third kappa shape index (κ3) is 2.34. The summed E-state index contributed by atoms with van der Waals surface area (Å²) in [7, 11) is 1.84. The molecule has 1 aliphatic heterocycles. The smallest absolute Gasteiger partial charge is 0.224 e. The van der Waals surface area contributed by atoms with Gasteiger partial charge >= 0.3 is 0 Å². The van der Waals surface area contributed by atoms with E-state index in [1.54, 1.807) is 0 Å². The van der Waals surface area contributed by atoms with Crippen molar-refractivity contribution in [3.63, 3.8) is 0 Å². The number of fused-ring (bicyclic) bond motifs is 1. The van der Waals surface area contributed by atoms with E-state index in [-0.39, 0.29) is 5.91 Å². The molecule has 2 heterocycles. The van der Waals surface area contributed by atoms with E-state index in [0.717, 1.165) is 40.6 Å². The number of hydrogen-bond acceptors (Lipinski definition) is 4. The molecule has 0 atom stereocenters. The number of aromatic nitrogens is 2. The number of benzene rings is 1. The van der Waals surface area contributed by atoms with E-state index in [1.165, 1.54) is 0 Å².